The van der Waals surface area contributed by atoms with E-state index in [1.165, 1.54) is 26.0 Å². The molecule has 2 aromatic carbocycles. The molecule has 1 saturated heterocycles. The Labute approximate surface area is 469 Å². The largest absolute Gasteiger partial charge is 0.445 e. The Morgan fingerprint density at radius 3 is 1.89 bits per heavy atom. The minimum Gasteiger partial charge on any atom is -0.445 e. The van der Waals surface area contributed by atoms with E-state index >= 15 is 0 Å². The second-order valence-electron chi connectivity index (χ2n) is 23.2. The van der Waals surface area contributed by atoms with Gasteiger partial charge in [-0.1, -0.05) is 111 Å². The topological polar surface area (TPSA) is 254 Å². The summed E-state index contributed by atoms with van der Waals surface area (Å²) in [6.07, 6.45) is -0.421. The number of carbonyl (C=O) groups excluding carboxylic acids is 8. The van der Waals surface area contributed by atoms with Gasteiger partial charge in [-0.25, -0.2) is 9.59 Å². The number of nitrogens with zero attached hydrogens (tertiary/aromatic N) is 3. The summed E-state index contributed by atoms with van der Waals surface area (Å²) in [5, 5.41) is 24.7. The molecule has 1 aliphatic heterocycles. The predicted octanol–water partition coefficient (Wildman–Crippen LogP) is 6.95. The summed E-state index contributed by atoms with van der Waals surface area (Å²) in [5.41, 5.74) is 0.933. The summed E-state index contributed by atoms with van der Waals surface area (Å²) in [6.45, 7) is 25.3. The molecule has 3 rings (SSSR count). The van der Waals surface area contributed by atoms with E-state index in [2.05, 4.69) is 26.6 Å². The van der Waals surface area contributed by atoms with Crippen LogP contribution in [-0.2, 0) is 49.6 Å². The fourth-order valence-electron chi connectivity index (χ4n) is 9.90. The molecule has 20 nitrogen and oxygen atoms in total. The number of aliphatic hydroxyl groups is 1. The lowest BCUT2D eigenvalue weighted by atomic mass is 9.91. The van der Waals surface area contributed by atoms with Crippen LogP contribution in [0.1, 0.15) is 146 Å². The Kier molecular flexibility index (Phi) is 26.2. The first-order valence-electron chi connectivity index (χ1n) is 28.0. The van der Waals surface area contributed by atoms with Gasteiger partial charge >= 0.3 is 12.2 Å². The summed E-state index contributed by atoms with van der Waals surface area (Å²) in [5.74, 6) is -3.98. The third-order valence-corrected chi connectivity index (χ3v) is 14.8. The number of carbonyl (C=O) groups is 8. The number of benzene rings is 2. The highest BCUT2D eigenvalue weighted by Crippen LogP contribution is 2.30. The number of alkyl carbamates (subject to hydrolysis) is 1. The van der Waals surface area contributed by atoms with E-state index in [0.717, 1.165) is 12.8 Å². The van der Waals surface area contributed by atoms with Gasteiger partial charge in [-0.05, 0) is 101 Å². The van der Waals surface area contributed by atoms with E-state index < -0.39 is 83.8 Å². The lowest BCUT2D eigenvalue weighted by Crippen LogP contribution is -2.58. The van der Waals surface area contributed by atoms with Crippen molar-refractivity contribution >= 4 is 53.3 Å². The summed E-state index contributed by atoms with van der Waals surface area (Å²) >= 11 is 0. The van der Waals surface area contributed by atoms with Gasteiger partial charge in [0.1, 0.15) is 36.4 Å². The van der Waals surface area contributed by atoms with Crippen molar-refractivity contribution in [3.05, 3.63) is 65.7 Å². The van der Waals surface area contributed by atoms with Crippen LogP contribution in [0.4, 0.5) is 15.3 Å². The maximum absolute atomic E-state index is 14.5. The standard InChI is InChI=1S/C59H94N8O12/c1-18-37(8)44(30-31-46(68)67-32-22-25-45(67)51(77-17)38(9)52(70)60-39(10)50(69)42-23-20-19-21-24-42)65(15)56(74)48(35(4)5)63-55(73)49(36(6)7)66(16)58(76)78-33-41-26-28-43(29-27-41)62-53(71)40(11)61-54(72)47(34(2)3)64-57(75)79-59(12,13)14/h19-21,23-24,26-29,34-40,44-45,47-51,69H,18,22,25,30-33H2,1-17H3,(H,60,70)(H,61,72)(H,62,71)(H,63,73)(H,64,75)/t37-,38+,39+,40-,44+,45-,47?,48-,49?,50+,51+/m0/s1. The monoisotopic (exact) mass is 1110 g/mol. The highest BCUT2D eigenvalue weighted by atomic mass is 16.6. The normalized spacial score (nSPS) is 17.4. The zero-order chi connectivity index (χ0) is 59.6. The molecular formula is C59H94N8O12. The maximum Gasteiger partial charge on any atom is 0.410 e. The summed E-state index contributed by atoms with van der Waals surface area (Å²) < 4.78 is 16.9. The summed E-state index contributed by atoms with van der Waals surface area (Å²) in [4.78, 5) is 113. The van der Waals surface area contributed by atoms with Crippen LogP contribution in [0, 0.1) is 29.6 Å². The highest BCUT2D eigenvalue weighted by Gasteiger charge is 2.42. The molecule has 0 aliphatic carbocycles. The van der Waals surface area contributed by atoms with E-state index in [4.69, 9.17) is 14.2 Å². The van der Waals surface area contributed by atoms with Crippen molar-refractivity contribution in [3.63, 3.8) is 0 Å². The second-order valence-corrected chi connectivity index (χ2v) is 23.2. The van der Waals surface area contributed by atoms with Crippen LogP contribution in [-0.4, -0.2) is 149 Å². The fraction of sp³-hybridized carbons (Fsp3) is 0.661. The third-order valence-electron chi connectivity index (χ3n) is 14.8. The van der Waals surface area contributed by atoms with Gasteiger partial charge in [0.2, 0.25) is 35.4 Å². The average Bonchev–Trinajstić information content (AvgIpc) is 3.88. The Morgan fingerprint density at radius 1 is 0.734 bits per heavy atom. The molecular weight excluding hydrogens is 1010 g/mol. The molecule has 20 heteroatoms. The highest BCUT2D eigenvalue weighted by molar-refractivity contribution is 5.98. The average molecular weight is 1110 g/mol. The molecule has 2 unspecified atom stereocenters. The fourth-order valence-corrected chi connectivity index (χ4v) is 9.90. The zero-order valence-corrected chi connectivity index (χ0v) is 50.0. The lowest BCUT2D eigenvalue weighted by molar-refractivity contribution is -0.142. The molecule has 0 radical (unpaired) electrons. The van der Waals surface area contributed by atoms with Crippen molar-refractivity contribution in [2.75, 3.05) is 33.1 Å². The van der Waals surface area contributed by atoms with Crippen molar-refractivity contribution in [2.24, 2.45) is 29.6 Å². The first-order valence-corrected chi connectivity index (χ1v) is 28.0. The number of rotatable bonds is 27. The van der Waals surface area contributed by atoms with Crippen LogP contribution in [0.15, 0.2) is 54.6 Å². The molecule has 0 aromatic heterocycles. The first-order chi connectivity index (χ1) is 36.9. The minimum atomic E-state index is -1.01. The van der Waals surface area contributed by atoms with Crippen molar-refractivity contribution in [2.45, 2.75) is 196 Å². The van der Waals surface area contributed by atoms with Gasteiger partial charge in [0.25, 0.3) is 0 Å². The first kappa shape index (κ1) is 67.0. The quantitative estimate of drug-likeness (QED) is 0.0532. The summed E-state index contributed by atoms with van der Waals surface area (Å²) in [6, 6.07) is 10.5. The molecule has 1 fully saturated rings. The van der Waals surface area contributed by atoms with Crippen molar-refractivity contribution < 1.29 is 57.7 Å². The Morgan fingerprint density at radius 2 is 1.34 bits per heavy atom. The third kappa shape index (κ3) is 19.8. The molecule has 1 heterocycles. The number of anilines is 1. The van der Waals surface area contributed by atoms with Gasteiger partial charge in [-0.2, -0.15) is 0 Å². The SMILES string of the molecule is CC[C@H](C)[C@@H](CCC(=O)N1CCC[C@H]1[C@H](OC)[C@@H](C)C(=O)N[C@H](C)[C@@H](O)c1ccccc1)N(C)C(=O)[C@@H](NC(=O)C(C(C)C)N(C)C(=O)OCc1ccc(NC(=O)[C@H](C)NC(=O)C(NC(=O)OC(C)(C)C)C(C)C)cc1)C(C)C. The van der Waals surface area contributed by atoms with Gasteiger partial charge in [0.05, 0.1) is 30.2 Å². The molecule has 0 bridgehead atoms. The second kappa shape index (κ2) is 30.9. The number of hydrogen-bond acceptors (Lipinski definition) is 12. The molecule has 0 saturated carbocycles. The van der Waals surface area contributed by atoms with E-state index in [9.17, 15) is 43.5 Å². The van der Waals surface area contributed by atoms with E-state index in [-0.39, 0.29) is 66.5 Å². The van der Waals surface area contributed by atoms with Gasteiger partial charge in [0.15, 0.2) is 0 Å². The Bertz CT molecular complexity index is 2330. The van der Waals surface area contributed by atoms with E-state index in [1.807, 2.05) is 45.9 Å². The molecule has 442 valence electrons. The van der Waals surface area contributed by atoms with Crippen LogP contribution >= 0.6 is 0 Å². The summed E-state index contributed by atoms with van der Waals surface area (Å²) in [7, 11) is 4.70. The minimum absolute atomic E-state index is 0.00839. The maximum atomic E-state index is 14.5. The van der Waals surface area contributed by atoms with Crippen molar-refractivity contribution in [1.82, 2.24) is 36.0 Å². The van der Waals surface area contributed by atoms with Crippen LogP contribution in [0.2, 0.25) is 0 Å². The molecule has 0 spiro atoms. The van der Waals surface area contributed by atoms with E-state index in [0.29, 0.717) is 36.2 Å². The van der Waals surface area contributed by atoms with Gasteiger partial charge < -0.3 is 55.7 Å². The lowest BCUT2D eigenvalue weighted by Gasteiger charge is -2.38. The predicted molar refractivity (Wildman–Crippen MR) is 303 cm³/mol. The molecule has 8 amide bonds. The molecule has 1 aliphatic rings. The van der Waals surface area contributed by atoms with Gasteiger partial charge in [0, 0.05) is 45.9 Å². The number of methoxy groups -OCH3 is 1. The molecule has 6 N–H and O–H groups in total. The van der Waals surface area contributed by atoms with Crippen LogP contribution in [0.25, 0.3) is 0 Å². The number of likely N-dealkylation sites (tertiary alicyclic amines) is 1. The zero-order valence-electron chi connectivity index (χ0n) is 50.0. The van der Waals surface area contributed by atoms with Crippen LogP contribution in [0.5, 0.6) is 0 Å². The smallest absolute Gasteiger partial charge is 0.410 e. The van der Waals surface area contributed by atoms with Crippen molar-refractivity contribution in [1.29, 1.82) is 0 Å². The van der Waals surface area contributed by atoms with Crippen LogP contribution < -0.4 is 26.6 Å². The van der Waals surface area contributed by atoms with Gasteiger partial charge in [-0.3, -0.25) is 33.7 Å². The van der Waals surface area contributed by atoms with Gasteiger partial charge in [-0.15, -0.1) is 0 Å². The molecule has 11 atom stereocenters. The molecule has 2 aromatic rings. The van der Waals surface area contributed by atoms with Crippen molar-refractivity contribution in [3.8, 4) is 0 Å². The number of amides is 8. The number of hydrogen-bond donors (Lipinski definition) is 6. The van der Waals surface area contributed by atoms with E-state index in [1.54, 1.807) is 116 Å². The number of likely N-dealkylation sites (N-methyl/N-ethyl adjacent to an activating group) is 2. The number of nitrogens with one attached hydrogen (secondary N) is 5. The Balaban J connectivity index is 1.62. The number of aliphatic hydroxyl groups excluding tert-OH is 1. The number of ether oxygens (including phenoxy) is 3. The molecule has 79 heavy (non-hydrogen) atoms. The van der Waals surface area contributed by atoms with Crippen LogP contribution in [0.3, 0.4) is 0 Å². The Hall–Kier alpha value is -6.28.